The molecule has 3 aromatic rings. The fourth-order valence-electron chi connectivity index (χ4n) is 3.36. The molecule has 0 saturated carbocycles. The maximum atomic E-state index is 12.4. The number of aryl methyl sites for hydroxylation is 2. The number of amides is 1. The van der Waals surface area contributed by atoms with E-state index in [0.717, 1.165) is 28.9 Å². The molecule has 2 heterocycles. The number of benzene rings is 1. The number of aromatic nitrogens is 3. The molecule has 1 atom stereocenters. The molecule has 28 heavy (non-hydrogen) atoms. The Bertz CT molecular complexity index is 1050. The molecule has 0 unspecified atom stereocenters. The van der Waals surface area contributed by atoms with Gasteiger partial charge in [-0.25, -0.2) is 9.50 Å². The van der Waals surface area contributed by atoms with Gasteiger partial charge in [-0.2, -0.15) is 10.4 Å². The molecule has 0 aliphatic rings. The van der Waals surface area contributed by atoms with Crippen LogP contribution in [0.3, 0.4) is 0 Å². The Balaban J connectivity index is 1.62. The second-order valence-electron chi connectivity index (χ2n) is 6.97. The van der Waals surface area contributed by atoms with Crippen molar-refractivity contribution in [1.29, 1.82) is 5.26 Å². The van der Waals surface area contributed by atoms with Gasteiger partial charge >= 0.3 is 0 Å². The lowest BCUT2D eigenvalue weighted by molar-refractivity contribution is -0.121. The molecule has 6 nitrogen and oxygen atoms in total. The summed E-state index contributed by atoms with van der Waals surface area (Å²) in [5, 5.41) is 17.1. The molecule has 2 aromatic heterocycles. The molecule has 1 N–H and O–H groups in total. The van der Waals surface area contributed by atoms with Gasteiger partial charge in [0.25, 0.3) is 0 Å². The van der Waals surface area contributed by atoms with Gasteiger partial charge in [-0.3, -0.25) is 4.79 Å². The summed E-state index contributed by atoms with van der Waals surface area (Å²) in [6.07, 6.45) is 3.20. The van der Waals surface area contributed by atoms with Crippen molar-refractivity contribution in [2.75, 3.05) is 0 Å². The number of fused-ring (bicyclic) bond motifs is 1. The third kappa shape index (κ3) is 4.32. The van der Waals surface area contributed by atoms with Crippen LogP contribution >= 0.6 is 11.6 Å². The van der Waals surface area contributed by atoms with Gasteiger partial charge in [0.2, 0.25) is 5.91 Å². The number of carbonyl (C=O) groups excluding carboxylic acids is 1. The number of nitriles is 1. The van der Waals surface area contributed by atoms with Crippen LogP contribution in [-0.2, 0) is 17.6 Å². The summed E-state index contributed by atoms with van der Waals surface area (Å²) in [7, 11) is 0. The van der Waals surface area contributed by atoms with Gasteiger partial charge in [-0.15, -0.1) is 0 Å². The minimum Gasteiger partial charge on any atom is -0.353 e. The molecular weight excluding hydrogens is 374 g/mol. The van der Waals surface area contributed by atoms with E-state index in [1.54, 1.807) is 4.52 Å². The Kier molecular flexibility index (Phi) is 5.96. The smallest absolute Gasteiger partial charge is 0.220 e. The van der Waals surface area contributed by atoms with Gasteiger partial charge in [-0.1, -0.05) is 23.7 Å². The summed E-state index contributed by atoms with van der Waals surface area (Å²) in [6, 6.07) is 9.78. The lowest BCUT2D eigenvalue weighted by atomic mass is 10.0. The van der Waals surface area contributed by atoms with E-state index in [2.05, 4.69) is 21.5 Å². The van der Waals surface area contributed by atoms with Crippen LogP contribution in [0.25, 0.3) is 5.65 Å². The van der Waals surface area contributed by atoms with E-state index in [0.29, 0.717) is 29.1 Å². The molecule has 3 rings (SSSR count). The van der Waals surface area contributed by atoms with Crippen molar-refractivity contribution >= 4 is 23.2 Å². The molecule has 0 bridgehead atoms. The minimum atomic E-state index is -0.00135. The van der Waals surface area contributed by atoms with Crippen LogP contribution < -0.4 is 5.32 Å². The Morgan fingerprint density at radius 3 is 2.71 bits per heavy atom. The van der Waals surface area contributed by atoms with Gasteiger partial charge in [0.05, 0.1) is 6.20 Å². The maximum Gasteiger partial charge on any atom is 0.220 e. The molecule has 1 amide bonds. The quantitative estimate of drug-likeness (QED) is 0.691. The number of hydrogen-bond acceptors (Lipinski definition) is 4. The molecule has 0 aliphatic heterocycles. The van der Waals surface area contributed by atoms with E-state index < -0.39 is 0 Å². The van der Waals surface area contributed by atoms with E-state index in [9.17, 15) is 4.79 Å². The average molecular weight is 396 g/mol. The fourth-order valence-corrected chi connectivity index (χ4v) is 3.49. The van der Waals surface area contributed by atoms with Crippen molar-refractivity contribution < 1.29 is 4.79 Å². The Morgan fingerprint density at radius 1 is 1.32 bits per heavy atom. The molecule has 0 spiro atoms. The topological polar surface area (TPSA) is 83.1 Å². The summed E-state index contributed by atoms with van der Waals surface area (Å²) in [6.45, 7) is 5.83. The first kappa shape index (κ1) is 19.8. The highest BCUT2D eigenvalue weighted by Crippen LogP contribution is 2.18. The SMILES string of the molecule is Cc1nc2c(C#N)cnn2c(C)c1CCC(=O)N[C@@H](C)Cc1ccc(Cl)cc1. The monoisotopic (exact) mass is 395 g/mol. The Labute approximate surface area is 169 Å². The van der Waals surface area contributed by atoms with E-state index in [1.807, 2.05) is 45.0 Å². The first-order valence-electron chi connectivity index (χ1n) is 9.16. The van der Waals surface area contributed by atoms with Crippen molar-refractivity contribution in [3.63, 3.8) is 0 Å². The standard InChI is InChI=1S/C21H22ClN5O/c1-13(10-16-4-6-18(22)7-5-16)25-20(28)9-8-19-14(2)26-21-17(11-23)12-24-27(21)15(19)3/h4-7,12-13H,8-10H2,1-3H3,(H,25,28)/t13-/m0/s1. The Hall–Kier alpha value is -2.91. The van der Waals surface area contributed by atoms with Crippen LogP contribution in [0.5, 0.6) is 0 Å². The largest absolute Gasteiger partial charge is 0.353 e. The predicted octanol–water partition coefficient (Wildman–Crippen LogP) is 3.55. The molecule has 7 heteroatoms. The highest BCUT2D eigenvalue weighted by molar-refractivity contribution is 6.30. The van der Waals surface area contributed by atoms with Crippen LogP contribution in [0, 0.1) is 25.2 Å². The predicted molar refractivity (Wildman–Crippen MR) is 108 cm³/mol. The second-order valence-corrected chi connectivity index (χ2v) is 7.40. The second kappa shape index (κ2) is 8.41. The van der Waals surface area contributed by atoms with Gasteiger partial charge < -0.3 is 5.32 Å². The van der Waals surface area contributed by atoms with Crippen molar-refractivity contribution in [1.82, 2.24) is 19.9 Å². The van der Waals surface area contributed by atoms with Gasteiger partial charge in [-0.05, 0) is 56.9 Å². The third-order valence-electron chi connectivity index (χ3n) is 4.79. The summed E-state index contributed by atoms with van der Waals surface area (Å²) in [5.74, 6) is -0.00135. The number of rotatable bonds is 6. The Morgan fingerprint density at radius 2 is 2.04 bits per heavy atom. The average Bonchev–Trinajstić information content (AvgIpc) is 3.06. The highest BCUT2D eigenvalue weighted by Gasteiger charge is 2.15. The summed E-state index contributed by atoms with van der Waals surface area (Å²) < 4.78 is 1.67. The van der Waals surface area contributed by atoms with Crippen molar-refractivity contribution in [3.8, 4) is 6.07 Å². The number of nitrogens with zero attached hydrogens (tertiary/aromatic N) is 4. The lowest BCUT2D eigenvalue weighted by Crippen LogP contribution is -2.34. The molecule has 144 valence electrons. The highest BCUT2D eigenvalue weighted by atomic mass is 35.5. The molecule has 0 saturated heterocycles. The van der Waals surface area contributed by atoms with Crippen LogP contribution in [0.4, 0.5) is 0 Å². The van der Waals surface area contributed by atoms with Crippen LogP contribution in [0.1, 0.15) is 41.4 Å². The van der Waals surface area contributed by atoms with Gasteiger partial charge in [0, 0.05) is 28.9 Å². The zero-order valence-electron chi connectivity index (χ0n) is 16.2. The summed E-state index contributed by atoms with van der Waals surface area (Å²) in [4.78, 5) is 16.9. The van der Waals surface area contributed by atoms with Crippen LogP contribution in [0.15, 0.2) is 30.5 Å². The van der Waals surface area contributed by atoms with E-state index in [4.69, 9.17) is 16.9 Å². The molecular formula is C21H22ClN5O. The maximum absolute atomic E-state index is 12.4. The number of halogens is 1. The molecule has 0 radical (unpaired) electrons. The fraction of sp³-hybridized carbons (Fsp3) is 0.333. The summed E-state index contributed by atoms with van der Waals surface area (Å²) in [5.41, 5.74) is 4.86. The number of carbonyl (C=O) groups is 1. The third-order valence-corrected chi connectivity index (χ3v) is 5.05. The molecule has 0 aliphatic carbocycles. The van der Waals surface area contributed by atoms with Crippen molar-refractivity contribution in [3.05, 3.63) is 63.6 Å². The normalized spacial score (nSPS) is 12.0. The van der Waals surface area contributed by atoms with Crippen molar-refractivity contribution in [2.45, 2.75) is 46.1 Å². The zero-order chi connectivity index (χ0) is 20.3. The van der Waals surface area contributed by atoms with E-state index >= 15 is 0 Å². The van der Waals surface area contributed by atoms with Gasteiger partial charge in [0.1, 0.15) is 11.6 Å². The first-order valence-corrected chi connectivity index (χ1v) is 9.54. The summed E-state index contributed by atoms with van der Waals surface area (Å²) >= 11 is 5.91. The number of hydrogen-bond donors (Lipinski definition) is 1. The molecule has 0 fully saturated rings. The lowest BCUT2D eigenvalue weighted by Gasteiger charge is -2.15. The van der Waals surface area contributed by atoms with Crippen LogP contribution in [-0.4, -0.2) is 26.5 Å². The first-order chi connectivity index (χ1) is 13.4. The zero-order valence-corrected chi connectivity index (χ0v) is 16.9. The van der Waals surface area contributed by atoms with E-state index in [1.165, 1.54) is 6.20 Å². The van der Waals surface area contributed by atoms with Crippen molar-refractivity contribution in [2.24, 2.45) is 0 Å². The molecule has 1 aromatic carbocycles. The van der Waals surface area contributed by atoms with Gasteiger partial charge in [0.15, 0.2) is 5.65 Å². The minimum absolute atomic E-state index is 0.00135. The number of nitrogens with one attached hydrogen (secondary N) is 1. The van der Waals surface area contributed by atoms with Crippen LogP contribution in [0.2, 0.25) is 5.02 Å². The van der Waals surface area contributed by atoms with E-state index in [-0.39, 0.29) is 11.9 Å².